The molecular weight excluding hydrogens is 975 g/mol. The van der Waals surface area contributed by atoms with Crippen LogP contribution in [0, 0.1) is 23.7 Å². The van der Waals surface area contributed by atoms with Crippen molar-refractivity contribution in [2.45, 2.75) is 211 Å². The maximum Gasteiger partial charge on any atom is 0.311 e. The number of nitrogens with zero attached hydrogens (tertiary/aromatic N) is 5. The molecule has 1 aromatic heterocycles. The number of esters is 1. The van der Waals surface area contributed by atoms with Crippen LogP contribution in [0.1, 0.15) is 119 Å². The number of benzene rings is 2. The summed E-state index contributed by atoms with van der Waals surface area (Å²) in [6, 6.07) is 15.0. The molecule has 3 heterocycles. The first-order chi connectivity index (χ1) is 35.8. The van der Waals surface area contributed by atoms with Gasteiger partial charge in [-0.3, -0.25) is 9.48 Å². The van der Waals surface area contributed by atoms with Crippen molar-refractivity contribution in [2.75, 3.05) is 40.9 Å². The first-order valence-electron chi connectivity index (χ1n) is 27.8. The first kappa shape index (κ1) is 61.6. The molecule has 3 aliphatic rings. The van der Waals surface area contributed by atoms with Gasteiger partial charge in [0.25, 0.3) is 0 Å². The van der Waals surface area contributed by atoms with Crippen molar-refractivity contribution in [2.24, 2.45) is 23.7 Å². The van der Waals surface area contributed by atoms with Gasteiger partial charge in [0, 0.05) is 70.2 Å². The van der Waals surface area contributed by atoms with Crippen molar-refractivity contribution in [3.63, 3.8) is 0 Å². The smallest absolute Gasteiger partial charge is 0.311 e. The molecule has 0 spiro atoms. The average Bonchev–Trinajstić information content (AvgIpc) is 3.85. The fourth-order valence-electron chi connectivity index (χ4n) is 12.1. The summed E-state index contributed by atoms with van der Waals surface area (Å²) in [5.41, 5.74) is -0.574. The predicted octanol–water partition coefficient (Wildman–Crippen LogP) is 5.40. The van der Waals surface area contributed by atoms with Crippen LogP contribution in [-0.2, 0) is 48.1 Å². The third-order valence-electron chi connectivity index (χ3n) is 17.0. The highest BCUT2D eigenvalue weighted by atomic mass is 16.7. The summed E-state index contributed by atoms with van der Waals surface area (Å²) in [6.45, 7) is 20.3. The molecule has 6 N–H and O–H groups in total. The zero-order valence-corrected chi connectivity index (χ0v) is 47.6. The molecule has 18 atom stereocenters. The van der Waals surface area contributed by atoms with E-state index in [9.17, 15) is 35.4 Å². The molecule has 1 saturated carbocycles. The van der Waals surface area contributed by atoms with Crippen LogP contribution in [0.15, 0.2) is 54.7 Å². The van der Waals surface area contributed by atoms with E-state index in [-0.39, 0.29) is 43.7 Å². The number of carbonyl (C=O) groups excluding carboxylic acids is 1. The molecule has 18 nitrogen and oxygen atoms in total. The zero-order chi connectivity index (χ0) is 55.9. The molecule has 3 aromatic rings. The van der Waals surface area contributed by atoms with Crippen molar-refractivity contribution in [1.82, 2.24) is 24.8 Å². The molecule has 2 aromatic carbocycles. The third-order valence-corrected chi connectivity index (χ3v) is 17.0. The molecule has 0 amide bonds. The molecular formula is C58H93N5O13. The molecule has 1 aliphatic carbocycles. The highest BCUT2D eigenvalue weighted by molar-refractivity contribution is 5.73. The Balaban J connectivity index is 1.17. The lowest BCUT2D eigenvalue weighted by atomic mass is 9.76. The Labute approximate surface area is 452 Å². The SMILES string of the molecule is CC[C@H]1OC(=O)[C@H](C)[C@@H](O[C@H]2C[C@@](C)(OC)[C@@H](O)[C@H](C)O2)[C@H](C)[C@@H](O[C@@H]2C[C@H](C)C[C@H](N(C)CCc3cn(CCCOc4ccc(-c5ccc(CO)cc5)cc4)nn3)[C@H]2O)[C@](C)(O)C[C@@H](C)CN(C)[C@H](C)[C@@H](O)[C@]1(C)O. The number of carbonyl (C=O) groups is 1. The van der Waals surface area contributed by atoms with Gasteiger partial charge in [0.2, 0.25) is 0 Å². The quantitative estimate of drug-likeness (QED) is 0.0735. The van der Waals surface area contributed by atoms with Gasteiger partial charge < -0.3 is 68.9 Å². The monoisotopic (exact) mass is 1070 g/mol. The summed E-state index contributed by atoms with van der Waals surface area (Å²) < 4.78 is 40.1. The Morgan fingerprint density at radius 2 is 1.54 bits per heavy atom. The highest BCUT2D eigenvalue weighted by Crippen LogP contribution is 2.41. The van der Waals surface area contributed by atoms with Crippen LogP contribution in [0.3, 0.4) is 0 Å². The highest BCUT2D eigenvalue weighted by Gasteiger charge is 2.52. The number of aliphatic hydroxyl groups is 6. The van der Waals surface area contributed by atoms with Gasteiger partial charge in [-0.1, -0.05) is 69.3 Å². The maximum absolute atomic E-state index is 14.5. The van der Waals surface area contributed by atoms with E-state index in [4.69, 9.17) is 28.4 Å². The van der Waals surface area contributed by atoms with Crippen molar-refractivity contribution in [1.29, 1.82) is 0 Å². The lowest BCUT2D eigenvalue weighted by molar-refractivity contribution is -0.302. The Bertz CT molecular complexity index is 2250. The minimum absolute atomic E-state index is 0.0174. The van der Waals surface area contributed by atoms with Crippen LogP contribution in [0.4, 0.5) is 0 Å². The van der Waals surface area contributed by atoms with E-state index in [1.54, 1.807) is 34.6 Å². The molecule has 18 heteroatoms. The fraction of sp³-hybridized carbons (Fsp3) is 0.741. The van der Waals surface area contributed by atoms with Crippen molar-refractivity contribution in [3.05, 3.63) is 66.0 Å². The van der Waals surface area contributed by atoms with Crippen LogP contribution in [0.25, 0.3) is 11.1 Å². The molecule has 3 fully saturated rings. The summed E-state index contributed by atoms with van der Waals surface area (Å²) in [7, 11) is 5.38. The molecule has 0 bridgehead atoms. The molecule has 6 rings (SSSR count). The largest absolute Gasteiger partial charge is 0.494 e. The van der Waals surface area contributed by atoms with Crippen LogP contribution in [0.2, 0.25) is 0 Å². The lowest BCUT2D eigenvalue weighted by Gasteiger charge is -2.49. The van der Waals surface area contributed by atoms with Gasteiger partial charge in [0.1, 0.15) is 29.7 Å². The van der Waals surface area contributed by atoms with Gasteiger partial charge in [0.05, 0.1) is 66.5 Å². The zero-order valence-electron chi connectivity index (χ0n) is 47.6. The van der Waals surface area contributed by atoms with E-state index in [0.29, 0.717) is 45.5 Å². The van der Waals surface area contributed by atoms with E-state index in [1.807, 2.05) is 99.2 Å². The van der Waals surface area contributed by atoms with Crippen LogP contribution >= 0.6 is 0 Å². The van der Waals surface area contributed by atoms with Gasteiger partial charge in [-0.25, -0.2) is 0 Å². The molecule has 2 saturated heterocycles. The summed E-state index contributed by atoms with van der Waals surface area (Å²) in [4.78, 5) is 18.6. The van der Waals surface area contributed by atoms with E-state index in [1.165, 1.54) is 14.0 Å². The average molecular weight is 1070 g/mol. The Hall–Kier alpha value is -3.63. The van der Waals surface area contributed by atoms with Gasteiger partial charge in [-0.05, 0) is 122 Å². The van der Waals surface area contributed by atoms with Crippen LogP contribution < -0.4 is 4.74 Å². The second-order valence-electron chi connectivity index (χ2n) is 23.6. The van der Waals surface area contributed by atoms with Gasteiger partial charge >= 0.3 is 5.97 Å². The molecule has 428 valence electrons. The van der Waals surface area contributed by atoms with E-state index in [2.05, 4.69) is 22.1 Å². The Morgan fingerprint density at radius 3 is 2.17 bits per heavy atom. The number of ether oxygens (including phenoxy) is 6. The van der Waals surface area contributed by atoms with Gasteiger partial charge in [0.15, 0.2) is 6.29 Å². The van der Waals surface area contributed by atoms with E-state index >= 15 is 0 Å². The number of hydrogen-bond donors (Lipinski definition) is 6. The maximum atomic E-state index is 14.5. The first-order valence-corrected chi connectivity index (χ1v) is 27.8. The standard InChI is InChI=1S/C58H93N5O13/c1-14-48-58(10,70)52(66)39(6)62(12)32-36(3)30-56(8,69)54(37(4)51(38(5)55(68)75-48)76-49-31-57(9,71-13)53(67)40(7)73-49)74-47-29-35(2)28-46(50(47)65)61(11)26-24-44-33-63(60-59-44)25-15-27-72-45-22-20-43(21-23-45)42-18-16-41(34-64)17-19-42/h16-23,33,35-40,46-54,64-67,69-70H,14-15,24-32,34H2,1-13H3/t35-,36-,37+,38-,39-,40+,46+,47-,48-,49+,50-,51+,52-,53+,54-,56-,57-,58-/m1/s1. The minimum atomic E-state index is -1.82. The normalized spacial score (nSPS) is 37.6. The number of aliphatic hydroxyl groups excluding tert-OH is 4. The molecule has 2 aliphatic heterocycles. The number of aryl methyl sites for hydroxylation is 1. The minimum Gasteiger partial charge on any atom is -0.494 e. The van der Waals surface area contributed by atoms with Crippen LogP contribution in [0.5, 0.6) is 5.75 Å². The Morgan fingerprint density at radius 1 is 0.882 bits per heavy atom. The van der Waals surface area contributed by atoms with E-state index < -0.39 is 95.8 Å². The fourth-order valence-corrected chi connectivity index (χ4v) is 12.1. The number of aromatic nitrogens is 3. The van der Waals surface area contributed by atoms with E-state index in [0.717, 1.165) is 34.6 Å². The predicted molar refractivity (Wildman–Crippen MR) is 288 cm³/mol. The van der Waals surface area contributed by atoms with Crippen molar-refractivity contribution >= 4 is 5.97 Å². The summed E-state index contributed by atoms with van der Waals surface area (Å²) in [6.07, 6.45) is -3.56. The van der Waals surface area contributed by atoms with Gasteiger partial charge in [-0.15, -0.1) is 5.10 Å². The summed E-state index contributed by atoms with van der Waals surface area (Å²) in [5, 5.41) is 78.2. The summed E-state index contributed by atoms with van der Waals surface area (Å²) >= 11 is 0. The van der Waals surface area contributed by atoms with Crippen LogP contribution in [-0.4, -0.2) is 186 Å². The van der Waals surface area contributed by atoms with Crippen molar-refractivity contribution in [3.8, 4) is 16.9 Å². The topological polar surface area (TPSA) is 231 Å². The number of rotatable bonds is 17. The second-order valence-corrected chi connectivity index (χ2v) is 23.6. The number of likely N-dealkylation sites (N-methyl/N-ethyl adjacent to an activating group) is 2. The third kappa shape index (κ3) is 15.0. The molecule has 0 unspecified atom stereocenters. The summed E-state index contributed by atoms with van der Waals surface area (Å²) in [5.74, 6) is -1.66. The van der Waals surface area contributed by atoms with Crippen molar-refractivity contribution < 1.29 is 63.9 Å². The number of hydrogen-bond acceptors (Lipinski definition) is 17. The second kappa shape index (κ2) is 26.6. The Kier molecular flexibility index (Phi) is 21.5. The lowest BCUT2D eigenvalue weighted by Crippen LogP contribution is -2.60. The number of cyclic esters (lactones) is 1. The van der Waals surface area contributed by atoms with Gasteiger partial charge in [-0.2, -0.15) is 0 Å². The number of methoxy groups -OCH3 is 1. The molecule has 76 heavy (non-hydrogen) atoms. The molecule has 0 radical (unpaired) electrons.